The molecule has 45 heavy (non-hydrogen) atoms. The molecule has 4 aliphatic heterocycles. The van der Waals surface area contributed by atoms with Gasteiger partial charge in [-0.05, 0) is 37.0 Å². The third kappa shape index (κ3) is 5.24. The Labute approximate surface area is 259 Å². The average molecular weight is 617 g/mol. The average Bonchev–Trinajstić information content (AvgIpc) is 3.30. The van der Waals surface area contributed by atoms with Gasteiger partial charge in [-0.3, -0.25) is 19.4 Å². The lowest BCUT2D eigenvalue weighted by atomic mass is 10.00. The number of nitrogens with zero attached hydrogens (tertiary/aromatic N) is 6. The van der Waals surface area contributed by atoms with Gasteiger partial charge in [0.1, 0.15) is 17.3 Å². The van der Waals surface area contributed by atoms with Crippen LogP contribution in [0.15, 0.2) is 46.1 Å². The number of nitrogens with two attached hydrogens (primary N) is 1. The van der Waals surface area contributed by atoms with Crippen LogP contribution in [-0.4, -0.2) is 81.3 Å². The number of nitrogens with one attached hydrogen (secondary N) is 1. The van der Waals surface area contributed by atoms with E-state index in [2.05, 4.69) is 20.2 Å². The molecule has 1 amide bonds. The first-order valence-corrected chi connectivity index (χ1v) is 15.5. The van der Waals surface area contributed by atoms with E-state index < -0.39 is 18.3 Å². The summed E-state index contributed by atoms with van der Waals surface area (Å²) in [5, 5.41) is 13.9. The fourth-order valence-electron chi connectivity index (χ4n) is 6.87. The minimum Gasteiger partial charge on any atom is -0.392 e. The molecule has 0 unspecified atom stereocenters. The van der Waals surface area contributed by atoms with E-state index in [1.54, 1.807) is 37.7 Å². The Morgan fingerprint density at radius 3 is 2.84 bits per heavy atom. The highest BCUT2D eigenvalue weighted by atomic mass is 19.1. The number of anilines is 1. The van der Waals surface area contributed by atoms with Crippen molar-refractivity contribution in [2.24, 2.45) is 17.8 Å². The topological polar surface area (TPSA) is 143 Å². The zero-order valence-electron chi connectivity index (χ0n) is 25.3. The quantitative estimate of drug-likeness (QED) is 0.280. The Morgan fingerprint density at radius 2 is 2.07 bits per heavy atom. The Bertz CT molecular complexity index is 1790. The van der Waals surface area contributed by atoms with Gasteiger partial charge in [0.05, 0.1) is 37.1 Å². The van der Waals surface area contributed by atoms with Gasteiger partial charge in [0, 0.05) is 87.2 Å². The van der Waals surface area contributed by atoms with E-state index >= 15 is 4.39 Å². The molecule has 2 fully saturated rings. The van der Waals surface area contributed by atoms with Crippen LogP contribution in [0.3, 0.4) is 0 Å². The number of hydrogen-bond donors (Lipinski definition) is 3. The van der Waals surface area contributed by atoms with Crippen LogP contribution in [0.4, 0.5) is 15.9 Å². The number of aliphatic imine (C=N–C) groups is 1. The summed E-state index contributed by atoms with van der Waals surface area (Å²) in [6, 6.07) is 3.74. The number of rotatable bonds is 6. The van der Waals surface area contributed by atoms with Crippen LogP contribution in [0.1, 0.15) is 40.2 Å². The Morgan fingerprint density at radius 1 is 1.22 bits per heavy atom. The van der Waals surface area contributed by atoms with E-state index in [4.69, 9.17) is 10.5 Å². The summed E-state index contributed by atoms with van der Waals surface area (Å²) < 4.78 is 24.2. The minimum absolute atomic E-state index is 0.106. The summed E-state index contributed by atoms with van der Waals surface area (Å²) in [4.78, 5) is 39.6. The van der Waals surface area contributed by atoms with E-state index in [0.29, 0.717) is 60.9 Å². The van der Waals surface area contributed by atoms with Crippen LogP contribution in [0.2, 0.25) is 0 Å². The zero-order valence-corrected chi connectivity index (χ0v) is 25.3. The van der Waals surface area contributed by atoms with Gasteiger partial charge in [-0.2, -0.15) is 0 Å². The summed E-state index contributed by atoms with van der Waals surface area (Å²) in [7, 11) is 1.62. The Hall–Kier alpha value is -4.33. The van der Waals surface area contributed by atoms with Gasteiger partial charge in [-0.1, -0.05) is 0 Å². The number of aryl methyl sites for hydroxylation is 1. The fourth-order valence-corrected chi connectivity index (χ4v) is 6.87. The van der Waals surface area contributed by atoms with Crippen molar-refractivity contribution in [2.75, 3.05) is 44.3 Å². The maximum Gasteiger partial charge on any atom is 0.276 e. The summed E-state index contributed by atoms with van der Waals surface area (Å²) >= 11 is 0. The number of halogens is 1. The smallest absolute Gasteiger partial charge is 0.276 e. The molecule has 7 rings (SSSR count). The Kier molecular flexibility index (Phi) is 7.76. The molecule has 13 heteroatoms. The molecule has 236 valence electrons. The molecular formula is C32H37FN8O4. The molecule has 2 saturated heterocycles. The number of aliphatic hydroxyl groups is 1. The van der Waals surface area contributed by atoms with Crippen LogP contribution in [0.25, 0.3) is 11.1 Å². The first-order chi connectivity index (χ1) is 21.8. The third-order valence-corrected chi connectivity index (χ3v) is 9.24. The second-order valence-corrected chi connectivity index (χ2v) is 12.0. The molecule has 3 aromatic heterocycles. The number of fused-ring (bicyclic) bond motifs is 3. The molecule has 0 aliphatic carbocycles. The van der Waals surface area contributed by atoms with Crippen molar-refractivity contribution < 1.29 is 19.0 Å². The van der Waals surface area contributed by atoms with Crippen LogP contribution >= 0.6 is 0 Å². The van der Waals surface area contributed by atoms with E-state index in [9.17, 15) is 14.7 Å². The minimum atomic E-state index is -0.457. The second kappa shape index (κ2) is 11.9. The Balaban J connectivity index is 1.21. The summed E-state index contributed by atoms with van der Waals surface area (Å²) in [5.74, 6) is -0.450. The van der Waals surface area contributed by atoms with Crippen LogP contribution in [0, 0.1) is 5.82 Å². The number of carbonyl (C=O) groups excluding carboxylic acids is 1. The summed E-state index contributed by atoms with van der Waals surface area (Å²) in [6.45, 7) is 4.44. The first kappa shape index (κ1) is 29.4. The predicted octanol–water partition coefficient (Wildman–Crippen LogP) is 1.60. The van der Waals surface area contributed by atoms with Gasteiger partial charge in [-0.15, -0.1) is 0 Å². The monoisotopic (exact) mass is 616 g/mol. The van der Waals surface area contributed by atoms with E-state index in [-0.39, 0.29) is 28.5 Å². The van der Waals surface area contributed by atoms with Gasteiger partial charge in [0.15, 0.2) is 5.82 Å². The molecule has 0 radical (unpaired) electrons. The highest BCUT2D eigenvalue weighted by Gasteiger charge is 2.37. The van der Waals surface area contributed by atoms with Gasteiger partial charge in [0.25, 0.3) is 11.5 Å². The molecule has 0 saturated carbocycles. The maximum atomic E-state index is 15.5. The highest BCUT2D eigenvalue weighted by Crippen LogP contribution is 2.36. The summed E-state index contributed by atoms with van der Waals surface area (Å²) in [5.41, 5.74) is 10.0. The molecule has 4 aliphatic rings. The van der Waals surface area contributed by atoms with Gasteiger partial charge in [-0.25, -0.2) is 14.4 Å². The van der Waals surface area contributed by atoms with E-state index in [0.717, 1.165) is 50.5 Å². The number of ether oxygens (including phenoxy) is 1. The lowest BCUT2D eigenvalue weighted by molar-refractivity contribution is -0.0644. The number of pyridine rings is 2. The van der Waals surface area contributed by atoms with Crippen molar-refractivity contribution in [1.29, 1.82) is 0 Å². The van der Waals surface area contributed by atoms with Crippen molar-refractivity contribution in [2.45, 2.75) is 44.9 Å². The molecule has 0 bridgehead atoms. The molecule has 12 nitrogen and oxygen atoms in total. The molecule has 0 atom stereocenters. The number of amides is 1. The van der Waals surface area contributed by atoms with Gasteiger partial charge < -0.3 is 30.0 Å². The zero-order chi connectivity index (χ0) is 31.2. The molecule has 0 aromatic carbocycles. The maximum absolute atomic E-state index is 15.5. The van der Waals surface area contributed by atoms with Crippen molar-refractivity contribution in [3.05, 3.63) is 75.0 Å². The van der Waals surface area contributed by atoms with Crippen molar-refractivity contribution in [1.82, 2.24) is 24.3 Å². The first-order valence-electron chi connectivity index (χ1n) is 15.5. The molecule has 7 heterocycles. The SMILES string of the molecule is Cn1cc(-c2ccnc(N3CCc4c(c(F)c5n4CCCC5)C3=O)c2CO)cc(N=C(N)C=C2CN(C3COC3)CCN2)c1=O. The number of amidine groups is 1. The second-order valence-electron chi connectivity index (χ2n) is 12.0. The highest BCUT2D eigenvalue weighted by molar-refractivity contribution is 6.08. The summed E-state index contributed by atoms with van der Waals surface area (Å²) in [6.07, 6.45) is 7.91. The largest absolute Gasteiger partial charge is 0.392 e. The molecule has 4 N–H and O–H groups in total. The fraction of sp³-hybridized carbons (Fsp3) is 0.438. The third-order valence-electron chi connectivity index (χ3n) is 9.24. The van der Waals surface area contributed by atoms with Crippen molar-refractivity contribution >= 4 is 23.2 Å². The number of hydrogen-bond acceptors (Lipinski definition) is 8. The number of piperazine rings is 1. The molecule has 0 spiro atoms. The lowest BCUT2D eigenvalue weighted by Gasteiger charge is -2.40. The number of carbonyl (C=O) groups is 1. The predicted molar refractivity (Wildman–Crippen MR) is 167 cm³/mol. The van der Waals surface area contributed by atoms with E-state index in [1.165, 1.54) is 9.47 Å². The van der Waals surface area contributed by atoms with Crippen LogP contribution < -0.4 is 21.5 Å². The van der Waals surface area contributed by atoms with Gasteiger partial charge >= 0.3 is 0 Å². The molecular weight excluding hydrogens is 579 g/mol. The van der Waals surface area contributed by atoms with Gasteiger partial charge in [0.2, 0.25) is 0 Å². The lowest BCUT2D eigenvalue weighted by Crippen LogP contribution is -2.55. The van der Waals surface area contributed by atoms with Crippen LogP contribution in [-0.2, 0) is 37.8 Å². The number of aliphatic hydroxyl groups excluding tert-OH is 1. The van der Waals surface area contributed by atoms with Crippen LogP contribution in [0.5, 0.6) is 0 Å². The van der Waals surface area contributed by atoms with Crippen molar-refractivity contribution in [3.63, 3.8) is 0 Å². The standard InChI is InChI=1S/C32H37FN8O4/c1-38-14-19(12-24(31(38)43)37-27(34)13-20-15-39(11-8-35-20)21-17-45-18-21)22-5-7-36-30(23(22)16-42)41-10-6-25-28(32(41)44)29(33)26-4-2-3-9-40(25)26/h5,7,12-14,21,35,42H,2-4,6,8-11,15-18H2,1H3,(H2,34,37). The van der Waals surface area contributed by atoms with Crippen molar-refractivity contribution in [3.8, 4) is 11.1 Å². The molecule has 3 aromatic rings. The number of aromatic nitrogens is 3. The van der Waals surface area contributed by atoms with E-state index in [1.807, 2.05) is 4.57 Å². The normalized spacial score (nSPS) is 20.2.